The quantitative estimate of drug-likeness (QED) is 0.477. The molecule has 31 heavy (non-hydrogen) atoms. The Morgan fingerprint density at radius 2 is 1.74 bits per heavy atom. The lowest BCUT2D eigenvalue weighted by Crippen LogP contribution is -2.51. The molecule has 0 aliphatic rings. The Bertz CT molecular complexity index is 857. The van der Waals surface area contributed by atoms with Gasteiger partial charge in [0, 0.05) is 12.6 Å². The summed E-state index contributed by atoms with van der Waals surface area (Å²) in [5.41, 5.74) is 2.16. The zero-order valence-corrected chi connectivity index (χ0v) is 20.4. The first-order valence-electron chi connectivity index (χ1n) is 10.9. The Labute approximate surface area is 194 Å². The Morgan fingerprint density at radius 1 is 1.03 bits per heavy atom. The van der Waals surface area contributed by atoms with Crippen LogP contribution in [0.2, 0.25) is 0 Å². The van der Waals surface area contributed by atoms with Gasteiger partial charge in [0.15, 0.2) is 6.61 Å². The summed E-state index contributed by atoms with van der Waals surface area (Å²) in [6.45, 7) is 8.22. The molecule has 0 aliphatic heterocycles. The number of carbonyl (C=O) groups excluding carboxylic acids is 2. The maximum absolute atomic E-state index is 13.2. The minimum Gasteiger partial charge on any atom is -0.483 e. The second-order valence-electron chi connectivity index (χ2n) is 7.66. The first-order valence-corrected chi connectivity index (χ1v) is 11.7. The summed E-state index contributed by atoms with van der Waals surface area (Å²) < 4.78 is 6.64. The van der Waals surface area contributed by atoms with Crippen LogP contribution in [0.25, 0.3) is 0 Å². The maximum Gasteiger partial charge on any atom is 0.261 e. The van der Waals surface area contributed by atoms with E-state index in [0.717, 1.165) is 22.9 Å². The SMILES string of the molecule is CCc1ccc(OCC(=O)N(Cc2ccccc2)[C@@H](CC)C(=O)N[C@H](C)CC)c(Br)c1. The highest BCUT2D eigenvalue weighted by molar-refractivity contribution is 9.10. The molecule has 0 radical (unpaired) electrons. The summed E-state index contributed by atoms with van der Waals surface area (Å²) in [5, 5.41) is 3.02. The molecule has 168 valence electrons. The van der Waals surface area contributed by atoms with Crippen molar-refractivity contribution in [3.63, 3.8) is 0 Å². The fourth-order valence-electron chi connectivity index (χ4n) is 3.24. The fraction of sp³-hybridized carbons (Fsp3) is 0.440. The van der Waals surface area contributed by atoms with Crippen LogP contribution >= 0.6 is 15.9 Å². The van der Waals surface area contributed by atoms with E-state index in [0.29, 0.717) is 18.7 Å². The average molecular weight is 489 g/mol. The van der Waals surface area contributed by atoms with Gasteiger partial charge in [0.25, 0.3) is 5.91 Å². The second kappa shape index (κ2) is 12.5. The number of hydrogen-bond acceptors (Lipinski definition) is 3. The van der Waals surface area contributed by atoms with Crippen molar-refractivity contribution in [2.45, 2.75) is 65.6 Å². The first-order chi connectivity index (χ1) is 14.9. The molecule has 0 aliphatic carbocycles. The average Bonchev–Trinajstić information content (AvgIpc) is 2.78. The van der Waals surface area contributed by atoms with Crippen molar-refractivity contribution in [1.29, 1.82) is 0 Å². The Balaban J connectivity index is 2.19. The van der Waals surface area contributed by atoms with Gasteiger partial charge in [-0.05, 0) is 65.4 Å². The summed E-state index contributed by atoms with van der Waals surface area (Å²) in [4.78, 5) is 27.8. The van der Waals surface area contributed by atoms with Crippen molar-refractivity contribution in [2.24, 2.45) is 0 Å². The van der Waals surface area contributed by atoms with Crippen molar-refractivity contribution < 1.29 is 14.3 Å². The number of rotatable bonds is 11. The number of ether oxygens (including phenoxy) is 1. The minimum atomic E-state index is -0.559. The molecule has 2 atom stereocenters. The summed E-state index contributed by atoms with van der Waals surface area (Å²) in [6, 6.07) is 15.1. The van der Waals surface area contributed by atoms with Crippen molar-refractivity contribution in [1.82, 2.24) is 10.2 Å². The summed E-state index contributed by atoms with van der Waals surface area (Å²) in [7, 11) is 0. The molecule has 1 N–H and O–H groups in total. The van der Waals surface area contributed by atoms with Crippen molar-refractivity contribution in [2.75, 3.05) is 6.61 Å². The van der Waals surface area contributed by atoms with Crippen molar-refractivity contribution in [3.8, 4) is 5.75 Å². The van der Waals surface area contributed by atoms with E-state index in [1.54, 1.807) is 4.90 Å². The molecule has 0 aromatic heterocycles. The number of nitrogens with one attached hydrogen (secondary N) is 1. The number of benzene rings is 2. The molecule has 2 aromatic carbocycles. The monoisotopic (exact) mass is 488 g/mol. The predicted octanol–water partition coefficient (Wildman–Crippen LogP) is 5.11. The standard InChI is InChI=1S/C25H33BrN2O3/c1-5-18(4)27-25(30)22(7-3)28(16-20-11-9-8-10-12-20)24(29)17-31-23-14-13-19(6-2)15-21(23)26/h8-15,18,22H,5-7,16-17H2,1-4H3,(H,27,30)/t18-,22+/m1/s1. The molecule has 0 heterocycles. The molecule has 0 saturated carbocycles. The van der Waals surface area contributed by atoms with Gasteiger partial charge in [-0.15, -0.1) is 0 Å². The molecule has 6 heteroatoms. The largest absolute Gasteiger partial charge is 0.483 e. The van der Waals surface area contributed by atoms with Crippen LogP contribution < -0.4 is 10.1 Å². The lowest BCUT2D eigenvalue weighted by molar-refractivity contribution is -0.143. The molecule has 0 unspecified atom stereocenters. The van der Waals surface area contributed by atoms with Crippen molar-refractivity contribution in [3.05, 3.63) is 64.1 Å². The van der Waals surface area contributed by atoms with Crippen molar-refractivity contribution >= 4 is 27.7 Å². The predicted molar refractivity (Wildman–Crippen MR) is 128 cm³/mol. The maximum atomic E-state index is 13.2. The van der Waals surface area contributed by atoms with Gasteiger partial charge in [0.05, 0.1) is 4.47 Å². The molecule has 0 bridgehead atoms. The Kier molecular flexibility index (Phi) is 10.0. The third-order valence-corrected chi connectivity index (χ3v) is 5.96. The minimum absolute atomic E-state index is 0.0551. The molecule has 0 saturated heterocycles. The van der Waals surface area contributed by atoms with E-state index in [-0.39, 0.29) is 24.5 Å². The van der Waals surface area contributed by atoms with E-state index in [2.05, 4.69) is 28.2 Å². The Morgan fingerprint density at radius 3 is 2.32 bits per heavy atom. The molecule has 5 nitrogen and oxygen atoms in total. The smallest absolute Gasteiger partial charge is 0.261 e. The summed E-state index contributed by atoms with van der Waals surface area (Å²) in [5.74, 6) is 0.262. The molecule has 0 spiro atoms. The van der Waals surface area contributed by atoms with Gasteiger partial charge < -0.3 is 15.0 Å². The van der Waals surface area contributed by atoms with E-state index < -0.39 is 6.04 Å². The molecular weight excluding hydrogens is 456 g/mol. The number of amides is 2. The van der Waals surface area contributed by atoms with Gasteiger partial charge in [-0.3, -0.25) is 9.59 Å². The molecule has 0 fully saturated rings. The van der Waals surface area contributed by atoms with Crippen LogP contribution in [0, 0.1) is 0 Å². The van der Waals surface area contributed by atoms with Gasteiger partial charge >= 0.3 is 0 Å². The van der Waals surface area contributed by atoms with Crippen LogP contribution in [0.3, 0.4) is 0 Å². The van der Waals surface area contributed by atoms with E-state index in [9.17, 15) is 9.59 Å². The van der Waals surface area contributed by atoms with Crippen LogP contribution in [0.15, 0.2) is 53.0 Å². The zero-order chi connectivity index (χ0) is 22.8. The molecule has 2 rings (SSSR count). The number of nitrogens with zero attached hydrogens (tertiary/aromatic N) is 1. The van der Waals surface area contributed by atoms with Gasteiger partial charge in [0.2, 0.25) is 5.91 Å². The van der Waals surface area contributed by atoms with Gasteiger partial charge in [-0.2, -0.15) is 0 Å². The first kappa shape index (κ1) is 24.9. The van der Waals surface area contributed by atoms with E-state index in [1.165, 1.54) is 5.56 Å². The summed E-state index contributed by atoms with van der Waals surface area (Å²) in [6.07, 6.45) is 2.28. The van der Waals surface area contributed by atoms with E-state index >= 15 is 0 Å². The van der Waals surface area contributed by atoms with E-state index in [1.807, 2.05) is 69.3 Å². The fourth-order valence-corrected chi connectivity index (χ4v) is 3.79. The van der Waals surface area contributed by atoms with Gasteiger partial charge in [-0.1, -0.05) is 57.2 Å². The van der Waals surface area contributed by atoms with Crippen LogP contribution in [0.1, 0.15) is 51.7 Å². The highest BCUT2D eigenvalue weighted by Gasteiger charge is 2.29. The highest BCUT2D eigenvalue weighted by Crippen LogP contribution is 2.26. The normalized spacial score (nSPS) is 12.7. The van der Waals surface area contributed by atoms with Crippen LogP contribution in [-0.4, -0.2) is 35.4 Å². The van der Waals surface area contributed by atoms with Gasteiger partial charge in [-0.25, -0.2) is 0 Å². The highest BCUT2D eigenvalue weighted by atomic mass is 79.9. The van der Waals surface area contributed by atoms with E-state index in [4.69, 9.17) is 4.74 Å². The summed E-state index contributed by atoms with van der Waals surface area (Å²) >= 11 is 3.52. The topological polar surface area (TPSA) is 58.6 Å². The number of carbonyl (C=O) groups is 2. The van der Waals surface area contributed by atoms with Gasteiger partial charge in [0.1, 0.15) is 11.8 Å². The number of halogens is 1. The number of aryl methyl sites for hydroxylation is 1. The van der Waals surface area contributed by atoms with Crippen LogP contribution in [0.4, 0.5) is 0 Å². The third-order valence-electron chi connectivity index (χ3n) is 5.34. The van der Waals surface area contributed by atoms with Crippen LogP contribution in [0.5, 0.6) is 5.75 Å². The zero-order valence-electron chi connectivity index (χ0n) is 18.9. The second-order valence-corrected chi connectivity index (χ2v) is 8.51. The lowest BCUT2D eigenvalue weighted by atomic mass is 10.1. The van der Waals surface area contributed by atoms with Crippen LogP contribution in [-0.2, 0) is 22.6 Å². The molecular formula is C25H33BrN2O3. The molecule has 2 amide bonds. The number of hydrogen-bond donors (Lipinski definition) is 1. The molecule has 2 aromatic rings. The lowest BCUT2D eigenvalue weighted by Gasteiger charge is -2.31. The third kappa shape index (κ3) is 7.39. The Hall–Kier alpha value is -2.34.